The third kappa shape index (κ3) is 5.68. The Balaban J connectivity index is 1.34. The number of ether oxygens (including phenoxy) is 3. The van der Waals surface area contributed by atoms with Crippen LogP contribution in [-0.2, 0) is 38.8 Å². The van der Waals surface area contributed by atoms with E-state index in [0.29, 0.717) is 47.6 Å². The maximum atomic E-state index is 11.8. The lowest BCUT2D eigenvalue weighted by atomic mass is 9.84. The lowest BCUT2D eigenvalue weighted by Crippen LogP contribution is -2.35. The standard InChI is InChI=1S/C40H46N4O5/c1-41(2)21-26-15-24-17-31-29-20-34-33(19-25(29)11-13-43(31)5)49-40-38(46)30(22-42(3)4)28-12-14-44(6)32(36(28)39(40)48-34)16-23-7-9-27(10-8-23)47-35(18-24)37(26)45/h7-10,15,18-20,31-32,45-46H,11-14,16-17,21-22H2,1-6H3. The van der Waals surface area contributed by atoms with Crippen LogP contribution in [0.2, 0.25) is 0 Å². The number of phenolic OH excluding ortho intramolecular Hbond substituents is 2. The monoisotopic (exact) mass is 662 g/mol. The van der Waals surface area contributed by atoms with Gasteiger partial charge in [-0.2, -0.15) is 0 Å². The van der Waals surface area contributed by atoms with Gasteiger partial charge in [0.05, 0.1) is 0 Å². The largest absolute Gasteiger partial charge is 0.504 e. The van der Waals surface area contributed by atoms with E-state index in [-0.39, 0.29) is 23.6 Å². The van der Waals surface area contributed by atoms with Gasteiger partial charge in [0.1, 0.15) is 5.75 Å². The Hall–Kier alpha value is -4.28. The Bertz CT molecular complexity index is 1940. The molecular weight excluding hydrogens is 616 g/mol. The summed E-state index contributed by atoms with van der Waals surface area (Å²) in [6.45, 7) is 2.95. The van der Waals surface area contributed by atoms with Crippen molar-refractivity contribution in [2.24, 2.45) is 0 Å². The molecule has 0 aromatic heterocycles. The number of fused-ring (bicyclic) bond motifs is 2. The molecule has 4 aromatic rings. The number of hydrogen-bond acceptors (Lipinski definition) is 9. The van der Waals surface area contributed by atoms with Crippen LogP contribution in [0.25, 0.3) is 0 Å². The minimum Gasteiger partial charge on any atom is -0.504 e. The number of likely N-dealkylation sites (N-methyl/N-ethyl adjacent to an activating group) is 2. The van der Waals surface area contributed by atoms with Crippen molar-refractivity contribution in [1.82, 2.24) is 19.6 Å². The van der Waals surface area contributed by atoms with Crippen LogP contribution in [0.15, 0.2) is 48.5 Å². The zero-order valence-corrected chi connectivity index (χ0v) is 29.3. The summed E-state index contributed by atoms with van der Waals surface area (Å²) in [5.74, 6) is 3.84. The molecule has 256 valence electrons. The number of rotatable bonds is 4. The van der Waals surface area contributed by atoms with Gasteiger partial charge in [-0.1, -0.05) is 18.2 Å². The SMILES string of the molecule is CN(C)Cc1cc2cc(c1O)Oc1ccc(cc1)CC1c3c(c(CN(C)C)c(O)c4c3Oc3cc5c(cc3O4)CCN(C)C5C2)CCN1C. The van der Waals surface area contributed by atoms with Gasteiger partial charge in [-0.15, -0.1) is 0 Å². The summed E-state index contributed by atoms with van der Waals surface area (Å²) in [6, 6.07) is 16.6. The quantitative estimate of drug-likeness (QED) is 0.217. The summed E-state index contributed by atoms with van der Waals surface area (Å²) in [5.41, 5.74) is 8.63. The molecule has 2 unspecified atom stereocenters. The van der Waals surface area contributed by atoms with E-state index in [0.717, 1.165) is 72.2 Å². The van der Waals surface area contributed by atoms with Crippen molar-refractivity contribution in [1.29, 1.82) is 0 Å². The minimum atomic E-state index is 0.000593. The van der Waals surface area contributed by atoms with Gasteiger partial charge in [0.2, 0.25) is 5.75 Å². The molecule has 0 amide bonds. The summed E-state index contributed by atoms with van der Waals surface area (Å²) in [6.07, 6.45) is 3.16. The normalized spacial score (nSPS) is 19.8. The molecule has 49 heavy (non-hydrogen) atoms. The maximum absolute atomic E-state index is 11.8. The van der Waals surface area contributed by atoms with Crippen molar-refractivity contribution < 1.29 is 24.4 Å². The molecule has 0 aliphatic carbocycles. The zero-order chi connectivity index (χ0) is 34.1. The highest BCUT2D eigenvalue weighted by atomic mass is 16.6. The molecular formula is C40H46N4O5. The summed E-state index contributed by atoms with van der Waals surface area (Å²) >= 11 is 0. The molecule has 0 saturated carbocycles. The molecule has 0 fully saturated rings. The first-order valence-electron chi connectivity index (χ1n) is 17.3. The number of benzene rings is 4. The number of nitrogens with zero attached hydrogens (tertiary/aromatic N) is 4. The van der Waals surface area contributed by atoms with Crippen molar-refractivity contribution >= 4 is 0 Å². The molecule has 0 spiro atoms. The topological polar surface area (TPSA) is 81.1 Å². The second kappa shape index (κ2) is 12.2. The van der Waals surface area contributed by atoms with Crippen molar-refractivity contribution in [3.8, 4) is 46.0 Å². The van der Waals surface area contributed by atoms with E-state index in [2.05, 4.69) is 64.0 Å². The van der Waals surface area contributed by atoms with Crippen molar-refractivity contribution in [2.75, 3.05) is 55.4 Å². The summed E-state index contributed by atoms with van der Waals surface area (Å²) in [4.78, 5) is 8.94. The molecule has 5 heterocycles. The Morgan fingerprint density at radius 2 is 1.37 bits per heavy atom. The highest BCUT2D eigenvalue weighted by Crippen LogP contribution is 2.58. The molecule has 0 saturated heterocycles. The highest BCUT2D eigenvalue weighted by Gasteiger charge is 2.39. The Morgan fingerprint density at radius 1 is 0.694 bits per heavy atom. The maximum Gasteiger partial charge on any atom is 0.212 e. The molecule has 9 nitrogen and oxygen atoms in total. The molecule has 9 rings (SSSR count). The van der Waals surface area contributed by atoms with Crippen LogP contribution < -0.4 is 14.2 Å². The molecule has 9 heteroatoms. The minimum absolute atomic E-state index is 0.000593. The van der Waals surface area contributed by atoms with Crippen LogP contribution in [0.1, 0.15) is 56.6 Å². The summed E-state index contributed by atoms with van der Waals surface area (Å²) in [5, 5.41) is 23.2. The Morgan fingerprint density at radius 3 is 2.12 bits per heavy atom. The molecule has 2 atom stereocenters. The first-order valence-corrected chi connectivity index (χ1v) is 17.3. The van der Waals surface area contributed by atoms with Crippen LogP contribution in [0, 0.1) is 0 Å². The number of hydrogen-bond donors (Lipinski definition) is 2. The van der Waals surface area contributed by atoms with Gasteiger partial charge in [-0.25, -0.2) is 0 Å². The molecule has 4 aromatic carbocycles. The van der Waals surface area contributed by atoms with Gasteiger partial charge in [-0.3, -0.25) is 9.80 Å². The van der Waals surface area contributed by atoms with E-state index in [1.54, 1.807) is 0 Å². The fourth-order valence-corrected chi connectivity index (χ4v) is 8.18. The van der Waals surface area contributed by atoms with Crippen molar-refractivity contribution in [3.05, 3.63) is 93.0 Å². The van der Waals surface area contributed by atoms with Gasteiger partial charge in [0, 0.05) is 55.0 Å². The second-order valence-corrected chi connectivity index (χ2v) is 14.8. The van der Waals surface area contributed by atoms with E-state index < -0.39 is 0 Å². The van der Waals surface area contributed by atoms with Gasteiger partial charge in [0.25, 0.3) is 0 Å². The van der Waals surface area contributed by atoms with Gasteiger partial charge in [0.15, 0.2) is 34.5 Å². The van der Waals surface area contributed by atoms with Crippen LogP contribution >= 0.6 is 0 Å². The number of aromatic hydroxyl groups is 2. The van der Waals surface area contributed by atoms with Crippen LogP contribution in [-0.4, -0.2) is 85.2 Å². The summed E-state index contributed by atoms with van der Waals surface area (Å²) < 4.78 is 20.1. The highest BCUT2D eigenvalue weighted by molar-refractivity contribution is 5.70. The molecule has 5 aliphatic heterocycles. The molecule has 0 radical (unpaired) electrons. The van der Waals surface area contributed by atoms with Gasteiger partial charge in [-0.05, 0) is 126 Å². The molecule has 7 bridgehead atoms. The van der Waals surface area contributed by atoms with E-state index in [4.69, 9.17) is 14.2 Å². The van der Waals surface area contributed by atoms with Gasteiger partial charge < -0.3 is 34.2 Å². The van der Waals surface area contributed by atoms with Crippen LogP contribution in [0.4, 0.5) is 0 Å². The molecule has 5 aliphatic rings. The van der Waals surface area contributed by atoms with E-state index >= 15 is 0 Å². The second-order valence-electron chi connectivity index (χ2n) is 14.8. The van der Waals surface area contributed by atoms with E-state index in [1.165, 1.54) is 11.1 Å². The van der Waals surface area contributed by atoms with Crippen LogP contribution in [0.5, 0.6) is 46.0 Å². The molecule has 2 N–H and O–H groups in total. The zero-order valence-electron chi connectivity index (χ0n) is 29.3. The third-order valence-electron chi connectivity index (χ3n) is 10.7. The third-order valence-corrected chi connectivity index (χ3v) is 10.7. The average Bonchev–Trinajstić information content (AvgIpc) is 3.06. The van der Waals surface area contributed by atoms with Crippen molar-refractivity contribution in [3.63, 3.8) is 0 Å². The Kier molecular flexibility index (Phi) is 7.99. The van der Waals surface area contributed by atoms with E-state index in [1.807, 2.05) is 46.4 Å². The summed E-state index contributed by atoms with van der Waals surface area (Å²) in [7, 11) is 12.4. The average molecular weight is 663 g/mol. The fourth-order valence-electron chi connectivity index (χ4n) is 8.18. The smallest absolute Gasteiger partial charge is 0.212 e. The Labute approximate surface area is 288 Å². The lowest BCUT2D eigenvalue weighted by molar-refractivity contribution is 0.216. The van der Waals surface area contributed by atoms with Gasteiger partial charge >= 0.3 is 0 Å². The van der Waals surface area contributed by atoms with Crippen LogP contribution in [0.3, 0.4) is 0 Å². The predicted molar refractivity (Wildman–Crippen MR) is 190 cm³/mol. The first-order chi connectivity index (χ1) is 23.5. The lowest BCUT2D eigenvalue weighted by Gasteiger charge is -2.40. The predicted octanol–water partition coefficient (Wildman–Crippen LogP) is 6.77. The fraction of sp³-hybridized carbons (Fsp3) is 0.400. The number of phenols is 2. The first kappa shape index (κ1) is 32.0. The van der Waals surface area contributed by atoms with Crippen molar-refractivity contribution in [2.45, 2.75) is 50.9 Å². The van der Waals surface area contributed by atoms with E-state index in [9.17, 15) is 10.2 Å².